The number of halogens is 2. The smallest absolute Gasteiger partial charge is 0.194 e. The van der Waals surface area contributed by atoms with Crippen LogP contribution in [0.4, 0.5) is 10.1 Å². The molecule has 26 heavy (non-hydrogen) atoms. The Hall–Kier alpha value is -1.10. The molecule has 0 radical (unpaired) electrons. The largest absolute Gasteiger partial charge is 0.368 e. The fourth-order valence-corrected chi connectivity index (χ4v) is 3.42. The molecule has 0 bridgehead atoms. The monoisotopic (exact) mass is 498 g/mol. The summed E-state index contributed by atoms with van der Waals surface area (Å²) < 4.78 is 35.4. The molecule has 1 fully saturated rings. The Balaban J connectivity index is 0.00000338. The molecule has 0 aliphatic carbocycles. The summed E-state index contributed by atoms with van der Waals surface area (Å²) in [5.41, 5.74) is 1.02. The van der Waals surface area contributed by atoms with Crippen LogP contribution in [0.1, 0.15) is 13.3 Å². The maximum Gasteiger partial charge on any atom is 0.194 e. The van der Waals surface area contributed by atoms with Crippen LogP contribution in [0.3, 0.4) is 0 Å². The number of hydrogen-bond donors (Lipinski definition) is 1. The first-order valence-electron chi connectivity index (χ1n) is 8.60. The van der Waals surface area contributed by atoms with E-state index in [0.29, 0.717) is 13.0 Å². The molecule has 0 amide bonds. The second kappa shape index (κ2) is 10.9. The Morgan fingerprint density at radius 3 is 2.35 bits per heavy atom. The molecular weight excluding hydrogens is 470 g/mol. The van der Waals surface area contributed by atoms with E-state index in [1.165, 1.54) is 18.4 Å². The molecule has 1 aliphatic heterocycles. The second-order valence-corrected chi connectivity index (χ2v) is 8.43. The van der Waals surface area contributed by atoms with Crippen LogP contribution in [0.2, 0.25) is 0 Å². The van der Waals surface area contributed by atoms with Crippen LogP contribution in [0.25, 0.3) is 0 Å². The van der Waals surface area contributed by atoms with Gasteiger partial charge in [-0.05, 0) is 37.6 Å². The van der Waals surface area contributed by atoms with Gasteiger partial charge in [0.15, 0.2) is 5.96 Å². The third kappa shape index (κ3) is 7.65. The van der Waals surface area contributed by atoms with Crippen LogP contribution >= 0.6 is 24.0 Å². The molecule has 1 aromatic rings. The molecule has 1 aromatic carbocycles. The number of aliphatic imine (C=N–C) groups is 1. The molecule has 148 valence electrons. The summed E-state index contributed by atoms with van der Waals surface area (Å²) >= 11 is 0. The molecule has 0 atom stereocenters. The van der Waals surface area contributed by atoms with Gasteiger partial charge in [0.25, 0.3) is 0 Å². The van der Waals surface area contributed by atoms with E-state index in [-0.39, 0.29) is 35.5 Å². The number of anilines is 1. The van der Waals surface area contributed by atoms with Gasteiger partial charge in [0.1, 0.15) is 15.7 Å². The average molecular weight is 498 g/mol. The minimum absolute atomic E-state index is 0. The molecule has 0 spiro atoms. The van der Waals surface area contributed by atoms with Gasteiger partial charge in [-0.3, -0.25) is 4.99 Å². The molecular formula is C17H28FIN4O2S. The highest BCUT2D eigenvalue weighted by Crippen LogP contribution is 2.16. The normalized spacial score (nSPS) is 15.6. The minimum atomic E-state index is -2.94. The van der Waals surface area contributed by atoms with E-state index < -0.39 is 9.84 Å². The van der Waals surface area contributed by atoms with E-state index in [4.69, 9.17) is 0 Å². The molecule has 0 aromatic heterocycles. The molecule has 1 heterocycles. The number of nitrogens with zero attached hydrogens (tertiary/aromatic N) is 3. The predicted molar refractivity (Wildman–Crippen MR) is 116 cm³/mol. The van der Waals surface area contributed by atoms with Crippen LogP contribution in [-0.4, -0.2) is 70.6 Å². The Morgan fingerprint density at radius 1 is 1.19 bits per heavy atom. The SMILES string of the molecule is CCNC(=NCCCS(C)(=O)=O)N1CCN(c2ccc(F)cc2)CC1.I. The molecule has 1 N–H and O–H groups in total. The first-order valence-corrected chi connectivity index (χ1v) is 10.7. The molecule has 1 aliphatic rings. The second-order valence-electron chi connectivity index (χ2n) is 6.17. The van der Waals surface area contributed by atoms with Crippen LogP contribution in [0.5, 0.6) is 0 Å². The van der Waals surface area contributed by atoms with Gasteiger partial charge in [-0.2, -0.15) is 0 Å². The highest BCUT2D eigenvalue weighted by atomic mass is 127. The number of benzene rings is 1. The number of hydrogen-bond acceptors (Lipinski definition) is 4. The van der Waals surface area contributed by atoms with Crippen molar-refractivity contribution in [1.29, 1.82) is 0 Å². The molecule has 0 saturated carbocycles. The van der Waals surface area contributed by atoms with Crippen molar-refractivity contribution in [2.24, 2.45) is 4.99 Å². The minimum Gasteiger partial charge on any atom is -0.368 e. The lowest BCUT2D eigenvalue weighted by molar-refractivity contribution is 0.372. The number of sulfone groups is 1. The van der Waals surface area contributed by atoms with Crippen molar-refractivity contribution in [2.45, 2.75) is 13.3 Å². The molecule has 9 heteroatoms. The number of piperazine rings is 1. The Bertz CT molecular complexity index is 675. The standard InChI is InChI=1S/C17H27FN4O2S.HI/c1-3-19-17(20-9-4-14-25(2,23)24)22-12-10-21(11-13-22)16-7-5-15(18)6-8-16;/h5-8H,3-4,9-14H2,1-2H3,(H,19,20);1H. The summed E-state index contributed by atoms with van der Waals surface area (Å²) in [6, 6.07) is 6.56. The summed E-state index contributed by atoms with van der Waals surface area (Å²) in [7, 11) is -2.94. The van der Waals surface area contributed by atoms with Crippen molar-refractivity contribution < 1.29 is 12.8 Å². The molecule has 0 unspecified atom stereocenters. The predicted octanol–water partition coefficient (Wildman–Crippen LogP) is 1.97. The van der Waals surface area contributed by atoms with Crippen molar-refractivity contribution in [3.8, 4) is 0 Å². The van der Waals surface area contributed by atoms with Gasteiger partial charge in [0.05, 0.1) is 5.75 Å². The molecule has 6 nitrogen and oxygen atoms in total. The Morgan fingerprint density at radius 2 is 1.81 bits per heavy atom. The quantitative estimate of drug-likeness (QED) is 0.281. The van der Waals surface area contributed by atoms with E-state index in [0.717, 1.165) is 44.4 Å². The van der Waals surface area contributed by atoms with Crippen LogP contribution < -0.4 is 10.2 Å². The summed E-state index contributed by atoms with van der Waals surface area (Å²) in [5.74, 6) is 0.765. The summed E-state index contributed by atoms with van der Waals surface area (Å²) in [6.07, 6.45) is 1.78. The van der Waals surface area contributed by atoms with Crippen LogP contribution in [0.15, 0.2) is 29.3 Å². The summed E-state index contributed by atoms with van der Waals surface area (Å²) in [6.45, 7) is 6.57. The fraction of sp³-hybridized carbons (Fsp3) is 0.588. The van der Waals surface area contributed by atoms with E-state index in [1.807, 2.05) is 6.92 Å². The van der Waals surface area contributed by atoms with E-state index in [9.17, 15) is 12.8 Å². The van der Waals surface area contributed by atoms with E-state index in [2.05, 4.69) is 20.1 Å². The number of nitrogens with one attached hydrogen (secondary N) is 1. The molecule has 1 saturated heterocycles. The maximum atomic E-state index is 13.0. The summed E-state index contributed by atoms with van der Waals surface area (Å²) in [5, 5.41) is 3.27. The first-order chi connectivity index (χ1) is 11.9. The van der Waals surface area contributed by atoms with Gasteiger partial charge in [0.2, 0.25) is 0 Å². The zero-order valence-corrected chi connectivity index (χ0v) is 18.5. The van der Waals surface area contributed by atoms with Gasteiger partial charge < -0.3 is 15.1 Å². The van der Waals surface area contributed by atoms with Gasteiger partial charge >= 0.3 is 0 Å². The maximum absolute atomic E-state index is 13.0. The number of rotatable bonds is 6. The topological polar surface area (TPSA) is 65.0 Å². The first kappa shape index (κ1) is 22.9. The van der Waals surface area contributed by atoms with Crippen LogP contribution in [-0.2, 0) is 9.84 Å². The zero-order valence-electron chi connectivity index (χ0n) is 15.3. The lowest BCUT2D eigenvalue weighted by Crippen LogP contribution is -2.52. The zero-order chi connectivity index (χ0) is 18.3. The van der Waals surface area contributed by atoms with Gasteiger partial charge in [-0.1, -0.05) is 0 Å². The van der Waals surface area contributed by atoms with Crippen molar-refractivity contribution in [2.75, 3.05) is 56.2 Å². The Kier molecular flexibility index (Phi) is 9.62. The third-order valence-corrected chi connectivity index (χ3v) is 5.07. The lowest BCUT2D eigenvalue weighted by atomic mass is 10.2. The summed E-state index contributed by atoms with van der Waals surface area (Å²) in [4.78, 5) is 8.96. The van der Waals surface area contributed by atoms with Gasteiger partial charge in [0, 0.05) is 51.2 Å². The van der Waals surface area contributed by atoms with Gasteiger partial charge in [-0.25, -0.2) is 12.8 Å². The van der Waals surface area contributed by atoms with Crippen molar-refractivity contribution in [1.82, 2.24) is 10.2 Å². The lowest BCUT2D eigenvalue weighted by Gasteiger charge is -2.37. The molecule has 2 rings (SSSR count). The Labute approximate surface area is 172 Å². The van der Waals surface area contributed by atoms with Crippen molar-refractivity contribution in [3.05, 3.63) is 30.1 Å². The third-order valence-electron chi connectivity index (χ3n) is 4.04. The van der Waals surface area contributed by atoms with Crippen LogP contribution in [0, 0.1) is 5.82 Å². The highest BCUT2D eigenvalue weighted by molar-refractivity contribution is 14.0. The average Bonchev–Trinajstić information content (AvgIpc) is 2.58. The van der Waals surface area contributed by atoms with Gasteiger partial charge in [-0.15, -0.1) is 24.0 Å². The van der Waals surface area contributed by atoms with Crippen molar-refractivity contribution in [3.63, 3.8) is 0 Å². The van der Waals surface area contributed by atoms with E-state index >= 15 is 0 Å². The number of guanidine groups is 1. The fourth-order valence-electron chi connectivity index (χ4n) is 2.77. The van der Waals surface area contributed by atoms with E-state index in [1.54, 1.807) is 12.1 Å². The highest BCUT2D eigenvalue weighted by Gasteiger charge is 2.19. The van der Waals surface area contributed by atoms with Crippen molar-refractivity contribution >= 4 is 45.5 Å².